The number of sulfone groups is 1. The maximum Gasteiger partial charge on any atom is 0.259 e. The van der Waals surface area contributed by atoms with Gasteiger partial charge in [0.1, 0.15) is 0 Å². The molecule has 1 aromatic carbocycles. The average molecular weight is 385 g/mol. The number of hydrogen-bond donors (Lipinski definition) is 1. The van der Waals surface area contributed by atoms with E-state index < -0.39 is 9.84 Å². The third-order valence-corrected chi connectivity index (χ3v) is 6.90. The lowest BCUT2D eigenvalue weighted by Crippen LogP contribution is -2.30. The van der Waals surface area contributed by atoms with Crippen LogP contribution in [-0.4, -0.2) is 42.0 Å². The molecule has 0 unspecified atom stereocenters. The molecule has 8 heteroatoms. The summed E-state index contributed by atoms with van der Waals surface area (Å²) in [4.78, 5) is 17.2. The lowest BCUT2D eigenvalue weighted by atomic mass is 10.1. The van der Waals surface area contributed by atoms with Crippen LogP contribution in [0.2, 0.25) is 0 Å². The van der Waals surface area contributed by atoms with Gasteiger partial charge in [-0.2, -0.15) is 0 Å². The van der Waals surface area contributed by atoms with Gasteiger partial charge in [0.2, 0.25) is 0 Å². The molecule has 1 aliphatic rings. The first-order valence-corrected chi connectivity index (χ1v) is 10.5. The van der Waals surface area contributed by atoms with Gasteiger partial charge in [0.25, 0.3) is 11.6 Å². The van der Waals surface area contributed by atoms with Crippen LogP contribution in [0.5, 0.6) is 0 Å². The quantitative estimate of drug-likeness (QED) is 0.699. The number of carbonyl (C=O) groups excluding carboxylic acids is 1. The maximum absolute atomic E-state index is 12.8. The summed E-state index contributed by atoms with van der Waals surface area (Å²) in [5.41, 5.74) is 2.66. The topological polar surface area (TPSA) is 102 Å². The molecular formula is C19H19N3O4S. The fourth-order valence-corrected chi connectivity index (χ4v) is 4.60. The lowest BCUT2D eigenvalue weighted by Gasteiger charge is -2.08. The van der Waals surface area contributed by atoms with E-state index in [9.17, 15) is 13.2 Å². The van der Waals surface area contributed by atoms with E-state index in [0.717, 1.165) is 18.4 Å². The first-order valence-electron chi connectivity index (χ1n) is 8.78. The number of amides is 1. The third kappa shape index (κ3) is 3.57. The molecule has 0 bridgehead atoms. The second-order valence-corrected chi connectivity index (χ2v) is 9.09. The zero-order chi connectivity index (χ0) is 19.0. The van der Waals surface area contributed by atoms with E-state index >= 15 is 0 Å². The summed E-state index contributed by atoms with van der Waals surface area (Å²) in [6.07, 6.45) is 1.45. The molecule has 1 aliphatic carbocycles. The summed E-state index contributed by atoms with van der Waals surface area (Å²) in [5.74, 6) is -0.414. The van der Waals surface area contributed by atoms with E-state index in [4.69, 9.17) is 4.52 Å². The fraction of sp³-hybridized carbons (Fsp3) is 0.316. The Labute approximate surface area is 156 Å². The van der Waals surface area contributed by atoms with Crippen molar-refractivity contribution in [3.63, 3.8) is 0 Å². The largest absolute Gasteiger partial charge is 0.351 e. The van der Waals surface area contributed by atoms with Crippen LogP contribution in [0.4, 0.5) is 0 Å². The Balaban J connectivity index is 1.63. The molecule has 1 fully saturated rings. The first kappa shape index (κ1) is 17.7. The van der Waals surface area contributed by atoms with Crippen molar-refractivity contribution in [1.29, 1.82) is 0 Å². The number of pyridine rings is 1. The molecule has 0 spiro atoms. The Bertz CT molecular complexity index is 1100. The second kappa shape index (κ2) is 6.77. The molecule has 2 aromatic heterocycles. The van der Waals surface area contributed by atoms with Crippen LogP contribution in [0, 0.1) is 6.92 Å². The molecule has 1 N–H and O–H groups in total. The molecule has 0 radical (unpaired) electrons. The third-order valence-electron chi connectivity index (χ3n) is 4.64. The van der Waals surface area contributed by atoms with Gasteiger partial charge in [-0.1, -0.05) is 35.5 Å². The van der Waals surface area contributed by atoms with Crippen molar-refractivity contribution < 1.29 is 17.7 Å². The van der Waals surface area contributed by atoms with E-state index in [1.807, 2.05) is 30.3 Å². The summed E-state index contributed by atoms with van der Waals surface area (Å²) in [5, 5.41) is 6.93. The van der Waals surface area contributed by atoms with Crippen LogP contribution in [0.25, 0.3) is 22.4 Å². The van der Waals surface area contributed by atoms with Crippen molar-refractivity contribution in [1.82, 2.24) is 15.5 Å². The molecule has 1 amide bonds. The molecule has 4 rings (SSSR count). The van der Waals surface area contributed by atoms with Gasteiger partial charge in [0, 0.05) is 12.1 Å². The SMILES string of the molecule is Cc1noc2nc(-c3ccccc3)cc(C(=O)NCCS(=O)(=O)C3CC3)c12. The number of carbonyl (C=O) groups is 1. The van der Waals surface area contributed by atoms with Gasteiger partial charge in [-0.15, -0.1) is 0 Å². The van der Waals surface area contributed by atoms with Crippen LogP contribution >= 0.6 is 0 Å². The van der Waals surface area contributed by atoms with Crippen molar-refractivity contribution in [3.8, 4) is 11.3 Å². The number of hydrogen-bond acceptors (Lipinski definition) is 6. The Morgan fingerprint density at radius 2 is 2.00 bits per heavy atom. The van der Waals surface area contributed by atoms with Gasteiger partial charge >= 0.3 is 0 Å². The molecule has 0 atom stereocenters. The fourth-order valence-electron chi connectivity index (χ4n) is 3.03. The predicted octanol–water partition coefficient (Wildman–Crippen LogP) is 2.51. The first-order chi connectivity index (χ1) is 13.0. The van der Waals surface area contributed by atoms with Gasteiger partial charge in [-0.25, -0.2) is 13.4 Å². The average Bonchev–Trinajstić information content (AvgIpc) is 3.46. The summed E-state index contributed by atoms with van der Waals surface area (Å²) >= 11 is 0. The Hall–Kier alpha value is -2.74. The Morgan fingerprint density at radius 3 is 2.70 bits per heavy atom. The van der Waals surface area contributed by atoms with Crippen molar-refractivity contribution in [2.75, 3.05) is 12.3 Å². The van der Waals surface area contributed by atoms with Gasteiger partial charge in [-0.3, -0.25) is 4.79 Å². The van der Waals surface area contributed by atoms with Crippen LogP contribution in [-0.2, 0) is 9.84 Å². The van der Waals surface area contributed by atoms with E-state index in [0.29, 0.717) is 22.3 Å². The second-order valence-electron chi connectivity index (χ2n) is 6.69. The van der Waals surface area contributed by atoms with Crippen molar-refractivity contribution >= 4 is 26.8 Å². The van der Waals surface area contributed by atoms with Gasteiger partial charge in [-0.05, 0) is 25.8 Å². The van der Waals surface area contributed by atoms with Gasteiger partial charge < -0.3 is 9.84 Å². The zero-order valence-electron chi connectivity index (χ0n) is 14.8. The van der Waals surface area contributed by atoms with E-state index in [1.54, 1.807) is 13.0 Å². The molecular weight excluding hydrogens is 366 g/mol. The normalized spacial score (nSPS) is 14.4. The molecule has 27 heavy (non-hydrogen) atoms. The number of aromatic nitrogens is 2. The van der Waals surface area contributed by atoms with Crippen molar-refractivity contribution in [3.05, 3.63) is 47.7 Å². The number of benzene rings is 1. The highest BCUT2D eigenvalue weighted by atomic mass is 32.2. The highest BCUT2D eigenvalue weighted by Gasteiger charge is 2.35. The summed E-state index contributed by atoms with van der Waals surface area (Å²) in [6.45, 7) is 1.82. The molecule has 0 aliphatic heterocycles. The van der Waals surface area contributed by atoms with Crippen molar-refractivity contribution in [2.24, 2.45) is 0 Å². The standard InChI is InChI=1S/C19H19N3O4S/c1-12-17-15(18(23)20-9-10-27(24,25)14-7-8-14)11-16(21-19(17)26-22-12)13-5-3-2-4-6-13/h2-6,11,14H,7-10H2,1H3,(H,20,23). The highest BCUT2D eigenvalue weighted by Crippen LogP contribution is 2.29. The number of nitrogens with zero attached hydrogens (tertiary/aromatic N) is 2. The van der Waals surface area contributed by atoms with Crippen molar-refractivity contribution in [2.45, 2.75) is 25.0 Å². The highest BCUT2D eigenvalue weighted by molar-refractivity contribution is 7.92. The summed E-state index contributed by atoms with van der Waals surface area (Å²) in [7, 11) is -3.11. The van der Waals surface area contributed by atoms with Crippen LogP contribution < -0.4 is 5.32 Å². The number of aryl methyl sites for hydroxylation is 1. The van der Waals surface area contributed by atoms with Crippen LogP contribution in [0.15, 0.2) is 40.9 Å². The van der Waals surface area contributed by atoms with Gasteiger partial charge in [0.15, 0.2) is 9.84 Å². The van der Waals surface area contributed by atoms with Crippen LogP contribution in [0.1, 0.15) is 28.9 Å². The Kier molecular flexibility index (Phi) is 4.43. The maximum atomic E-state index is 12.8. The van der Waals surface area contributed by atoms with Crippen LogP contribution in [0.3, 0.4) is 0 Å². The molecule has 2 heterocycles. The molecule has 140 valence electrons. The Morgan fingerprint density at radius 1 is 1.26 bits per heavy atom. The molecule has 1 saturated carbocycles. The monoisotopic (exact) mass is 385 g/mol. The summed E-state index contributed by atoms with van der Waals surface area (Å²) in [6, 6.07) is 11.1. The minimum Gasteiger partial charge on any atom is -0.351 e. The number of rotatable bonds is 6. The summed E-state index contributed by atoms with van der Waals surface area (Å²) < 4.78 is 29.2. The minimum absolute atomic E-state index is 0.0498. The number of fused-ring (bicyclic) bond motifs is 1. The van der Waals surface area contributed by atoms with E-state index in [2.05, 4.69) is 15.5 Å². The van der Waals surface area contributed by atoms with E-state index in [-0.39, 0.29) is 29.2 Å². The molecule has 0 saturated heterocycles. The van der Waals surface area contributed by atoms with Gasteiger partial charge in [0.05, 0.1) is 33.3 Å². The molecule has 7 nitrogen and oxygen atoms in total. The zero-order valence-corrected chi connectivity index (χ0v) is 15.6. The van der Waals surface area contributed by atoms with E-state index in [1.165, 1.54) is 0 Å². The smallest absolute Gasteiger partial charge is 0.259 e. The number of nitrogens with one attached hydrogen (secondary N) is 1. The minimum atomic E-state index is -3.11. The molecule has 3 aromatic rings. The lowest BCUT2D eigenvalue weighted by molar-refractivity contribution is 0.0957. The predicted molar refractivity (Wildman–Crippen MR) is 101 cm³/mol.